The standard InChI is InChI=1S/C28H26ClF2N5O3S/c29-17-9-19(23(24(30)31)32-10-17)25(37)34-18-7-5-16(6-8-18)11-36-22-4-2-1-3-20(22)28(27(36)39)13-35(14-28)26(38)21-12-40-15-33-21/h1-4,9-10,12,15-16,18,24H,5-8,11,13-14H2,(H,34,37). The third-order valence-electron chi connectivity index (χ3n) is 8.18. The summed E-state index contributed by atoms with van der Waals surface area (Å²) in [6.45, 7) is 1.20. The van der Waals surface area contributed by atoms with Crippen molar-refractivity contribution >= 4 is 46.3 Å². The lowest BCUT2D eigenvalue weighted by Gasteiger charge is -2.46. The molecule has 3 aliphatic rings. The Morgan fingerprint density at radius 3 is 2.60 bits per heavy atom. The quantitative estimate of drug-likeness (QED) is 0.446. The molecule has 1 aromatic carbocycles. The number of hydrogen-bond donors (Lipinski definition) is 1. The second kappa shape index (κ2) is 10.5. The number of pyridine rings is 1. The molecule has 0 radical (unpaired) electrons. The van der Waals surface area contributed by atoms with Crippen LogP contribution in [0.1, 0.15) is 64.2 Å². The number of thiazole rings is 1. The number of nitrogens with one attached hydrogen (secondary N) is 1. The fourth-order valence-electron chi connectivity index (χ4n) is 6.13. The minimum atomic E-state index is -2.88. The zero-order valence-electron chi connectivity index (χ0n) is 21.4. The van der Waals surface area contributed by atoms with E-state index in [9.17, 15) is 23.2 Å². The molecule has 2 aliphatic heterocycles. The molecule has 0 bridgehead atoms. The molecule has 3 aromatic rings. The molecule has 1 spiro atoms. The van der Waals surface area contributed by atoms with Crippen molar-refractivity contribution in [3.8, 4) is 0 Å². The molecule has 8 nitrogen and oxygen atoms in total. The lowest BCUT2D eigenvalue weighted by atomic mass is 9.74. The largest absolute Gasteiger partial charge is 0.349 e. The Kier molecular flexibility index (Phi) is 7.03. The van der Waals surface area contributed by atoms with Crippen molar-refractivity contribution in [2.24, 2.45) is 5.92 Å². The van der Waals surface area contributed by atoms with Crippen LogP contribution in [0.3, 0.4) is 0 Å². The second-order valence-corrected chi connectivity index (χ2v) is 11.8. The molecule has 6 rings (SSSR count). The summed E-state index contributed by atoms with van der Waals surface area (Å²) in [4.78, 5) is 50.6. The number of anilines is 1. The Morgan fingerprint density at radius 2 is 1.90 bits per heavy atom. The van der Waals surface area contributed by atoms with E-state index in [0.29, 0.717) is 38.2 Å². The molecular formula is C28H26ClF2N5O3S. The number of para-hydroxylation sites is 1. The van der Waals surface area contributed by atoms with Crippen LogP contribution in [-0.2, 0) is 10.2 Å². The van der Waals surface area contributed by atoms with Gasteiger partial charge in [0.15, 0.2) is 0 Å². The number of carbonyl (C=O) groups excluding carboxylic acids is 3. The topological polar surface area (TPSA) is 95.5 Å². The summed E-state index contributed by atoms with van der Waals surface area (Å²) in [5, 5.41) is 4.70. The Labute approximate surface area is 238 Å². The number of carbonyl (C=O) groups is 3. The summed E-state index contributed by atoms with van der Waals surface area (Å²) in [6.07, 6.45) is 1.10. The third-order valence-corrected chi connectivity index (χ3v) is 8.98. The van der Waals surface area contributed by atoms with Crippen molar-refractivity contribution in [2.75, 3.05) is 24.5 Å². The normalized spacial score (nSPS) is 21.4. The summed E-state index contributed by atoms with van der Waals surface area (Å²) in [7, 11) is 0. The summed E-state index contributed by atoms with van der Waals surface area (Å²) in [5.74, 6) is -0.539. The number of benzene rings is 1. The van der Waals surface area contributed by atoms with E-state index in [-0.39, 0.29) is 34.4 Å². The first-order chi connectivity index (χ1) is 19.3. The molecule has 0 unspecified atom stereocenters. The fraction of sp³-hybridized carbons (Fsp3) is 0.393. The highest BCUT2D eigenvalue weighted by molar-refractivity contribution is 7.07. The number of likely N-dealkylation sites (tertiary alicyclic amines) is 1. The first-order valence-electron chi connectivity index (χ1n) is 13.1. The molecule has 2 aromatic heterocycles. The minimum Gasteiger partial charge on any atom is -0.349 e. The van der Waals surface area contributed by atoms with Crippen molar-refractivity contribution in [1.82, 2.24) is 20.2 Å². The van der Waals surface area contributed by atoms with E-state index >= 15 is 0 Å². The zero-order chi connectivity index (χ0) is 28.0. The zero-order valence-corrected chi connectivity index (χ0v) is 22.9. The van der Waals surface area contributed by atoms with Crippen LogP contribution in [0.5, 0.6) is 0 Å². The molecule has 12 heteroatoms. The Hall–Kier alpha value is -3.44. The van der Waals surface area contributed by atoms with E-state index in [1.807, 2.05) is 29.2 Å². The number of halogens is 3. The maximum atomic E-state index is 13.8. The summed E-state index contributed by atoms with van der Waals surface area (Å²) >= 11 is 7.26. The van der Waals surface area contributed by atoms with Gasteiger partial charge in [-0.2, -0.15) is 0 Å². The highest BCUT2D eigenvalue weighted by atomic mass is 35.5. The van der Waals surface area contributed by atoms with Gasteiger partial charge in [-0.1, -0.05) is 29.8 Å². The van der Waals surface area contributed by atoms with E-state index in [0.717, 1.165) is 30.3 Å². The molecular weight excluding hydrogens is 560 g/mol. The first kappa shape index (κ1) is 26.8. The third kappa shape index (κ3) is 4.64. The van der Waals surface area contributed by atoms with Gasteiger partial charge in [-0.25, -0.2) is 13.8 Å². The number of nitrogens with zero attached hydrogens (tertiary/aromatic N) is 4. The van der Waals surface area contributed by atoms with Crippen LogP contribution in [0.2, 0.25) is 5.02 Å². The van der Waals surface area contributed by atoms with Gasteiger partial charge in [-0.3, -0.25) is 19.4 Å². The summed E-state index contributed by atoms with van der Waals surface area (Å²) in [6, 6.07) is 8.82. The number of fused-ring (bicyclic) bond motifs is 2. The van der Waals surface area contributed by atoms with E-state index in [1.54, 1.807) is 15.8 Å². The average molecular weight is 586 g/mol. The van der Waals surface area contributed by atoms with Crippen molar-refractivity contribution < 1.29 is 23.2 Å². The van der Waals surface area contributed by atoms with Gasteiger partial charge in [0.25, 0.3) is 18.2 Å². The molecule has 1 aliphatic carbocycles. The van der Waals surface area contributed by atoms with Crippen LogP contribution < -0.4 is 10.2 Å². The monoisotopic (exact) mass is 585 g/mol. The average Bonchev–Trinajstić information content (AvgIpc) is 3.54. The predicted molar refractivity (Wildman–Crippen MR) is 146 cm³/mol. The van der Waals surface area contributed by atoms with Crippen LogP contribution in [-0.4, -0.2) is 58.3 Å². The van der Waals surface area contributed by atoms with Gasteiger partial charge in [-0.15, -0.1) is 11.3 Å². The fourth-order valence-corrected chi connectivity index (χ4v) is 6.81. The maximum Gasteiger partial charge on any atom is 0.281 e. The van der Waals surface area contributed by atoms with E-state index in [4.69, 9.17) is 11.6 Å². The molecule has 1 N–H and O–H groups in total. The van der Waals surface area contributed by atoms with Crippen LogP contribution in [0.25, 0.3) is 0 Å². The molecule has 1 saturated heterocycles. The first-order valence-corrected chi connectivity index (χ1v) is 14.4. The highest BCUT2D eigenvalue weighted by Gasteiger charge is 2.59. The molecule has 3 amide bonds. The van der Waals surface area contributed by atoms with Gasteiger partial charge >= 0.3 is 0 Å². The van der Waals surface area contributed by atoms with Gasteiger partial charge in [0.2, 0.25) is 5.91 Å². The summed E-state index contributed by atoms with van der Waals surface area (Å²) in [5.41, 5.74) is 2.33. The number of rotatable bonds is 6. The Balaban J connectivity index is 1.09. The number of alkyl halides is 2. The lowest BCUT2D eigenvalue weighted by Crippen LogP contribution is -2.65. The Morgan fingerprint density at radius 1 is 1.15 bits per heavy atom. The van der Waals surface area contributed by atoms with Crippen LogP contribution in [0.15, 0.2) is 47.4 Å². The molecule has 208 valence electrons. The molecule has 4 heterocycles. The van der Waals surface area contributed by atoms with Crippen LogP contribution >= 0.6 is 22.9 Å². The van der Waals surface area contributed by atoms with E-state index in [2.05, 4.69) is 15.3 Å². The van der Waals surface area contributed by atoms with E-state index < -0.39 is 23.4 Å². The van der Waals surface area contributed by atoms with Crippen molar-refractivity contribution in [2.45, 2.75) is 43.6 Å². The van der Waals surface area contributed by atoms with Gasteiger partial charge in [0, 0.05) is 42.9 Å². The number of hydrogen-bond acceptors (Lipinski definition) is 6. The Bertz CT molecular complexity index is 1460. The van der Waals surface area contributed by atoms with Crippen molar-refractivity contribution in [3.05, 3.63) is 75.0 Å². The smallest absolute Gasteiger partial charge is 0.281 e. The minimum absolute atomic E-state index is 0.0134. The maximum absolute atomic E-state index is 13.8. The second-order valence-electron chi connectivity index (χ2n) is 10.6. The molecule has 40 heavy (non-hydrogen) atoms. The molecule has 1 saturated carbocycles. The van der Waals surface area contributed by atoms with Crippen molar-refractivity contribution in [1.29, 1.82) is 0 Å². The van der Waals surface area contributed by atoms with Gasteiger partial charge < -0.3 is 15.1 Å². The summed E-state index contributed by atoms with van der Waals surface area (Å²) < 4.78 is 26.7. The van der Waals surface area contributed by atoms with Gasteiger partial charge in [0.05, 0.1) is 16.1 Å². The van der Waals surface area contributed by atoms with E-state index in [1.165, 1.54) is 17.4 Å². The van der Waals surface area contributed by atoms with Crippen molar-refractivity contribution in [3.63, 3.8) is 0 Å². The number of amides is 3. The lowest BCUT2D eigenvalue weighted by molar-refractivity contribution is -0.128. The highest BCUT2D eigenvalue weighted by Crippen LogP contribution is 2.48. The molecule has 2 fully saturated rings. The van der Waals surface area contributed by atoms with Crippen LogP contribution in [0.4, 0.5) is 14.5 Å². The molecule has 0 atom stereocenters. The van der Waals surface area contributed by atoms with Gasteiger partial charge in [-0.05, 0) is 49.3 Å². The van der Waals surface area contributed by atoms with Crippen LogP contribution in [0, 0.1) is 5.92 Å². The van der Waals surface area contributed by atoms with Gasteiger partial charge in [0.1, 0.15) is 16.8 Å². The SMILES string of the molecule is O=C(NC1CCC(CN2C(=O)C3(CN(C(=O)c4cscn4)C3)c3ccccc32)CC1)c1cc(Cl)cnc1C(F)F. The number of aromatic nitrogens is 2. The predicted octanol–water partition coefficient (Wildman–Crippen LogP) is 4.86.